The van der Waals surface area contributed by atoms with E-state index in [0.29, 0.717) is 12.8 Å². The molecule has 4 aromatic rings. The van der Waals surface area contributed by atoms with Gasteiger partial charge in [-0.2, -0.15) is 0 Å². The van der Waals surface area contributed by atoms with Gasteiger partial charge in [-0.25, -0.2) is 9.97 Å². The topological polar surface area (TPSA) is 84.9 Å². The third kappa shape index (κ3) is 4.36. The standard InChI is InChI=1S/C25H24N4O/c1-17-6-5-9-20(16-17)23-21(10-11-22(30)18-7-3-2-4-8-18)28-25(26)29-24(23)19-12-14-27-15-13-19/h2-9,12-16,22,30H,10-11H2,1H3,(H2,26,28,29). The molecule has 2 heterocycles. The van der Waals surface area contributed by atoms with Crippen LogP contribution in [0.1, 0.15) is 29.3 Å². The van der Waals surface area contributed by atoms with Crippen LogP contribution in [0.4, 0.5) is 5.95 Å². The van der Waals surface area contributed by atoms with Crippen molar-refractivity contribution in [2.45, 2.75) is 25.9 Å². The number of pyridine rings is 1. The van der Waals surface area contributed by atoms with Gasteiger partial charge in [-0.15, -0.1) is 0 Å². The second-order valence-electron chi connectivity index (χ2n) is 7.32. The number of hydrogen-bond acceptors (Lipinski definition) is 5. The average Bonchev–Trinajstić information content (AvgIpc) is 2.78. The molecule has 30 heavy (non-hydrogen) atoms. The van der Waals surface area contributed by atoms with E-state index in [-0.39, 0.29) is 5.95 Å². The molecular weight excluding hydrogens is 372 g/mol. The fraction of sp³-hybridized carbons (Fsp3) is 0.160. The minimum atomic E-state index is -0.572. The minimum absolute atomic E-state index is 0.224. The number of nitrogens with two attached hydrogens (primary N) is 1. The molecule has 0 saturated heterocycles. The molecule has 0 fully saturated rings. The Kier molecular flexibility index (Phi) is 5.82. The number of aliphatic hydroxyl groups excluding tert-OH is 1. The number of aromatic nitrogens is 3. The highest BCUT2D eigenvalue weighted by Gasteiger charge is 2.18. The fourth-order valence-corrected chi connectivity index (χ4v) is 3.65. The molecule has 5 nitrogen and oxygen atoms in total. The summed E-state index contributed by atoms with van der Waals surface area (Å²) >= 11 is 0. The molecule has 0 bridgehead atoms. The second-order valence-corrected chi connectivity index (χ2v) is 7.32. The first-order valence-corrected chi connectivity index (χ1v) is 9.98. The first kappa shape index (κ1) is 19.7. The van der Waals surface area contributed by atoms with E-state index >= 15 is 0 Å². The van der Waals surface area contributed by atoms with Gasteiger partial charge in [-0.1, -0.05) is 60.2 Å². The van der Waals surface area contributed by atoms with E-state index < -0.39 is 6.10 Å². The van der Waals surface area contributed by atoms with Gasteiger partial charge in [0.25, 0.3) is 0 Å². The van der Waals surface area contributed by atoms with Crippen molar-refractivity contribution in [2.75, 3.05) is 5.73 Å². The van der Waals surface area contributed by atoms with E-state index in [0.717, 1.165) is 39.2 Å². The highest BCUT2D eigenvalue weighted by atomic mass is 16.3. The van der Waals surface area contributed by atoms with E-state index in [2.05, 4.69) is 40.1 Å². The highest BCUT2D eigenvalue weighted by Crippen LogP contribution is 2.35. The number of aliphatic hydroxyl groups is 1. The van der Waals surface area contributed by atoms with Crippen LogP contribution >= 0.6 is 0 Å². The van der Waals surface area contributed by atoms with Gasteiger partial charge < -0.3 is 10.8 Å². The Hall–Kier alpha value is -3.57. The average molecular weight is 396 g/mol. The highest BCUT2D eigenvalue weighted by molar-refractivity contribution is 5.83. The van der Waals surface area contributed by atoms with Crippen LogP contribution in [0.2, 0.25) is 0 Å². The summed E-state index contributed by atoms with van der Waals surface area (Å²) in [6.45, 7) is 2.06. The molecule has 0 spiro atoms. The van der Waals surface area contributed by atoms with E-state index in [1.165, 1.54) is 0 Å². The monoisotopic (exact) mass is 396 g/mol. The Morgan fingerprint density at radius 1 is 0.900 bits per heavy atom. The number of hydrogen-bond donors (Lipinski definition) is 2. The van der Waals surface area contributed by atoms with Crippen molar-refractivity contribution in [3.05, 3.63) is 95.9 Å². The first-order valence-electron chi connectivity index (χ1n) is 9.98. The fourth-order valence-electron chi connectivity index (χ4n) is 3.65. The molecule has 3 N–H and O–H groups in total. The van der Waals surface area contributed by atoms with Crippen molar-refractivity contribution in [1.82, 2.24) is 15.0 Å². The van der Waals surface area contributed by atoms with Crippen LogP contribution in [-0.4, -0.2) is 20.1 Å². The summed E-state index contributed by atoms with van der Waals surface area (Å²) in [4.78, 5) is 13.3. The summed E-state index contributed by atoms with van der Waals surface area (Å²) in [5.41, 5.74) is 12.7. The van der Waals surface area contributed by atoms with Crippen molar-refractivity contribution >= 4 is 5.95 Å². The summed E-state index contributed by atoms with van der Waals surface area (Å²) in [7, 11) is 0. The van der Waals surface area contributed by atoms with Crippen molar-refractivity contribution < 1.29 is 5.11 Å². The van der Waals surface area contributed by atoms with E-state index in [1.54, 1.807) is 12.4 Å². The quantitative estimate of drug-likeness (QED) is 0.491. The SMILES string of the molecule is Cc1cccc(-c2c(CCC(O)c3ccccc3)nc(N)nc2-c2ccncc2)c1. The number of benzene rings is 2. The van der Waals surface area contributed by atoms with Crippen molar-refractivity contribution in [2.24, 2.45) is 0 Å². The molecule has 150 valence electrons. The Morgan fingerprint density at radius 3 is 2.40 bits per heavy atom. The van der Waals surface area contributed by atoms with Crippen molar-refractivity contribution in [3.8, 4) is 22.4 Å². The van der Waals surface area contributed by atoms with Gasteiger partial charge in [0.1, 0.15) is 0 Å². The van der Waals surface area contributed by atoms with Crippen LogP contribution < -0.4 is 5.73 Å². The number of rotatable bonds is 6. The molecular formula is C25H24N4O. The number of nitrogen functional groups attached to an aromatic ring is 1. The Morgan fingerprint density at radius 2 is 1.67 bits per heavy atom. The van der Waals surface area contributed by atoms with Gasteiger partial charge in [-0.05, 0) is 43.0 Å². The smallest absolute Gasteiger partial charge is 0.220 e. The summed E-state index contributed by atoms with van der Waals surface area (Å²) in [5.74, 6) is 0.224. The minimum Gasteiger partial charge on any atom is -0.388 e. The number of aryl methyl sites for hydroxylation is 2. The molecule has 4 rings (SSSR count). The van der Waals surface area contributed by atoms with Gasteiger partial charge in [-0.3, -0.25) is 4.98 Å². The van der Waals surface area contributed by atoms with E-state index in [9.17, 15) is 5.11 Å². The molecule has 1 unspecified atom stereocenters. The maximum absolute atomic E-state index is 10.7. The Bertz CT molecular complexity index is 1130. The maximum atomic E-state index is 10.7. The zero-order valence-corrected chi connectivity index (χ0v) is 16.9. The van der Waals surface area contributed by atoms with E-state index in [4.69, 9.17) is 5.73 Å². The van der Waals surface area contributed by atoms with Crippen LogP contribution in [0.5, 0.6) is 0 Å². The van der Waals surface area contributed by atoms with Gasteiger partial charge in [0, 0.05) is 23.5 Å². The largest absolute Gasteiger partial charge is 0.388 e. The summed E-state index contributed by atoms with van der Waals surface area (Å²) in [5, 5.41) is 10.7. The molecule has 1 atom stereocenters. The van der Waals surface area contributed by atoms with E-state index in [1.807, 2.05) is 48.5 Å². The van der Waals surface area contributed by atoms with Crippen LogP contribution in [0.15, 0.2) is 79.1 Å². The zero-order chi connectivity index (χ0) is 20.9. The lowest BCUT2D eigenvalue weighted by Crippen LogP contribution is -2.07. The lowest BCUT2D eigenvalue weighted by molar-refractivity contribution is 0.167. The molecule has 0 aliphatic heterocycles. The number of anilines is 1. The molecule has 2 aromatic heterocycles. The molecule has 0 saturated carbocycles. The summed E-state index contributed by atoms with van der Waals surface area (Å²) in [6, 6.07) is 21.8. The third-order valence-electron chi connectivity index (χ3n) is 5.10. The lowest BCUT2D eigenvalue weighted by Gasteiger charge is -2.17. The molecule has 5 heteroatoms. The lowest BCUT2D eigenvalue weighted by atomic mass is 9.94. The van der Waals surface area contributed by atoms with Crippen LogP contribution in [0.25, 0.3) is 22.4 Å². The Balaban J connectivity index is 1.78. The predicted molar refractivity (Wildman–Crippen MR) is 120 cm³/mol. The van der Waals surface area contributed by atoms with Crippen molar-refractivity contribution in [1.29, 1.82) is 0 Å². The van der Waals surface area contributed by atoms with Crippen LogP contribution in [-0.2, 0) is 6.42 Å². The molecule has 2 aromatic carbocycles. The third-order valence-corrected chi connectivity index (χ3v) is 5.10. The maximum Gasteiger partial charge on any atom is 0.220 e. The second kappa shape index (κ2) is 8.84. The molecule has 0 aliphatic carbocycles. The predicted octanol–water partition coefficient (Wildman–Crippen LogP) is 4.76. The zero-order valence-electron chi connectivity index (χ0n) is 16.9. The van der Waals surface area contributed by atoms with Crippen molar-refractivity contribution in [3.63, 3.8) is 0 Å². The summed E-state index contributed by atoms with van der Waals surface area (Å²) in [6.07, 6.45) is 4.02. The van der Waals surface area contributed by atoms with Gasteiger partial charge in [0.15, 0.2) is 0 Å². The molecule has 0 aliphatic rings. The molecule has 0 amide bonds. The molecule has 0 radical (unpaired) electrons. The normalized spacial score (nSPS) is 11.9. The van der Waals surface area contributed by atoms with Gasteiger partial charge in [0.05, 0.1) is 17.5 Å². The van der Waals surface area contributed by atoms with Crippen LogP contribution in [0, 0.1) is 6.92 Å². The van der Waals surface area contributed by atoms with Gasteiger partial charge >= 0.3 is 0 Å². The summed E-state index contributed by atoms with van der Waals surface area (Å²) < 4.78 is 0. The first-order chi connectivity index (χ1) is 14.6. The van der Waals surface area contributed by atoms with Gasteiger partial charge in [0.2, 0.25) is 5.95 Å². The number of nitrogens with zero attached hydrogens (tertiary/aromatic N) is 3. The van der Waals surface area contributed by atoms with Crippen LogP contribution in [0.3, 0.4) is 0 Å². The Labute approximate surface area is 176 Å².